The van der Waals surface area contributed by atoms with E-state index in [0.29, 0.717) is 0 Å². The number of rotatable bonds is 2. The van der Waals surface area contributed by atoms with Crippen molar-refractivity contribution >= 4 is 33.2 Å². The van der Waals surface area contributed by atoms with E-state index in [9.17, 15) is 0 Å². The lowest BCUT2D eigenvalue weighted by Gasteiger charge is -2.12. The van der Waals surface area contributed by atoms with E-state index in [2.05, 4.69) is 78.9 Å². The van der Waals surface area contributed by atoms with Gasteiger partial charge in [-0.3, -0.25) is 0 Å². The van der Waals surface area contributed by atoms with Crippen LogP contribution in [0.5, 0.6) is 0 Å². The lowest BCUT2D eigenvalue weighted by molar-refractivity contribution is 0.552. The Hall–Kier alpha value is -3.58. The van der Waals surface area contributed by atoms with Gasteiger partial charge in [-0.15, -0.1) is 0 Å². The fourth-order valence-corrected chi connectivity index (χ4v) is 4.50. The zero-order valence-corrected chi connectivity index (χ0v) is 15.4. The minimum Gasteiger partial charge on any atom is -0.465 e. The van der Waals surface area contributed by atoms with Crippen LogP contribution in [0.15, 0.2) is 95.6 Å². The van der Waals surface area contributed by atoms with Crippen molar-refractivity contribution < 1.29 is 4.42 Å². The minimum absolute atomic E-state index is 0.921. The number of allylic oxidation sites excluding steroid dienone is 1. The monoisotopic (exact) mass is 358 g/mol. The maximum Gasteiger partial charge on any atom is 0.130 e. The molecule has 1 aromatic heterocycles. The SMILES string of the molecule is C1=C(c2ccco2)Cc2cccc(-c3cccc4c3ccc3ccccc34)c21. The summed E-state index contributed by atoms with van der Waals surface area (Å²) >= 11 is 0. The second-order valence-corrected chi connectivity index (χ2v) is 7.39. The highest BCUT2D eigenvalue weighted by Crippen LogP contribution is 2.40. The Morgan fingerprint density at radius 2 is 1.46 bits per heavy atom. The molecule has 1 aliphatic rings. The van der Waals surface area contributed by atoms with Gasteiger partial charge in [-0.05, 0) is 67.6 Å². The fourth-order valence-electron chi connectivity index (χ4n) is 4.50. The molecule has 0 saturated carbocycles. The maximum atomic E-state index is 5.64. The van der Waals surface area contributed by atoms with E-state index in [1.54, 1.807) is 6.26 Å². The van der Waals surface area contributed by atoms with Gasteiger partial charge in [-0.25, -0.2) is 0 Å². The first kappa shape index (κ1) is 15.5. The van der Waals surface area contributed by atoms with Crippen molar-refractivity contribution in [1.82, 2.24) is 0 Å². The molecule has 1 heterocycles. The minimum atomic E-state index is 0.921. The van der Waals surface area contributed by atoms with E-state index in [1.165, 1.54) is 49.4 Å². The molecule has 1 heteroatoms. The Bertz CT molecular complexity index is 1370. The summed E-state index contributed by atoms with van der Waals surface area (Å²) in [6.45, 7) is 0. The Morgan fingerprint density at radius 3 is 2.39 bits per heavy atom. The molecule has 0 atom stereocenters. The van der Waals surface area contributed by atoms with Gasteiger partial charge in [-0.2, -0.15) is 0 Å². The van der Waals surface area contributed by atoms with Crippen molar-refractivity contribution in [2.45, 2.75) is 6.42 Å². The predicted octanol–water partition coefficient (Wildman–Crippen LogP) is 7.35. The molecule has 132 valence electrons. The molecule has 1 nitrogen and oxygen atoms in total. The van der Waals surface area contributed by atoms with Gasteiger partial charge in [-0.1, -0.05) is 72.8 Å². The summed E-state index contributed by atoms with van der Waals surface area (Å²) in [5.74, 6) is 0.964. The molecule has 0 aliphatic heterocycles. The van der Waals surface area contributed by atoms with Gasteiger partial charge >= 0.3 is 0 Å². The number of furan rings is 1. The summed E-state index contributed by atoms with van der Waals surface area (Å²) in [5, 5.41) is 5.20. The second-order valence-electron chi connectivity index (χ2n) is 7.39. The van der Waals surface area contributed by atoms with Crippen molar-refractivity contribution in [3.05, 3.63) is 108 Å². The van der Waals surface area contributed by atoms with Crippen LogP contribution in [0.25, 0.3) is 44.3 Å². The zero-order chi connectivity index (χ0) is 18.5. The largest absolute Gasteiger partial charge is 0.465 e. The normalized spacial score (nSPS) is 13.1. The van der Waals surface area contributed by atoms with Gasteiger partial charge < -0.3 is 4.42 Å². The summed E-state index contributed by atoms with van der Waals surface area (Å²) in [4.78, 5) is 0. The van der Waals surface area contributed by atoms with Gasteiger partial charge in [0, 0.05) is 6.42 Å². The highest BCUT2D eigenvalue weighted by Gasteiger charge is 2.20. The number of hydrogen-bond donors (Lipinski definition) is 0. The van der Waals surface area contributed by atoms with E-state index >= 15 is 0 Å². The molecule has 0 bridgehead atoms. The van der Waals surface area contributed by atoms with Crippen LogP contribution in [0.2, 0.25) is 0 Å². The molecule has 0 saturated heterocycles. The lowest BCUT2D eigenvalue weighted by atomic mass is 9.91. The number of benzene rings is 4. The molecular weight excluding hydrogens is 340 g/mol. The third-order valence-electron chi connectivity index (χ3n) is 5.81. The van der Waals surface area contributed by atoms with Gasteiger partial charge in [0.25, 0.3) is 0 Å². The second kappa shape index (κ2) is 5.97. The summed E-state index contributed by atoms with van der Waals surface area (Å²) in [6.07, 6.45) is 4.96. The molecule has 0 N–H and O–H groups in total. The third-order valence-corrected chi connectivity index (χ3v) is 5.81. The molecule has 1 aliphatic carbocycles. The van der Waals surface area contributed by atoms with Crippen molar-refractivity contribution in [3.8, 4) is 11.1 Å². The standard InChI is InChI=1S/C27H18O/c1-2-8-21-18(6-1)13-14-25-22(21)10-4-11-23(25)24-9-3-7-19-16-20(17-26(19)24)27-12-5-15-28-27/h1-15,17H,16H2. The van der Waals surface area contributed by atoms with Gasteiger partial charge in [0.2, 0.25) is 0 Å². The molecule has 0 radical (unpaired) electrons. The van der Waals surface area contributed by atoms with Crippen molar-refractivity contribution in [2.24, 2.45) is 0 Å². The van der Waals surface area contributed by atoms with Crippen LogP contribution >= 0.6 is 0 Å². The van der Waals surface area contributed by atoms with E-state index in [-0.39, 0.29) is 0 Å². The highest BCUT2D eigenvalue weighted by atomic mass is 16.3. The highest BCUT2D eigenvalue weighted by molar-refractivity contribution is 6.12. The average molecular weight is 358 g/mol. The average Bonchev–Trinajstić information content (AvgIpc) is 3.42. The van der Waals surface area contributed by atoms with Crippen LogP contribution in [0.1, 0.15) is 16.9 Å². The van der Waals surface area contributed by atoms with Gasteiger partial charge in [0.15, 0.2) is 0 Å². The number of fused-ring (bicyclic) bond motifs is 4. The van der Waals surface area contributed by atoms with E-state index in [4.69, 9.17) is 4.42 Å². The molecule has 0 unspecified atom stereocenters. The molecule has 0 spiro atoms. The van der Waals surface area contributed by atoms with Crippen molar-refractivity contribution in [3.63, 3.8) is 0 Å². The first-order valence-corrected chi connectivity index (χ1v) is 9.66. The topological polar surface area (TPSA) is 13.1 Å². The fraction of sp³-hybridized carbons (Fsp3) is 0.0370. The number of hydrogen-bond acceptors (Lipinski definition) is 1. The van der Waals surface area contributed by atoms with Crippen LogP contribution in [-0.2, 0) is 6.42 Å². The summed E-state index contributed by atoms with van der Waals surface area (Å²) in [5.41, 5.74) is 6.51. The van der Waals surface area contributed by atoms with Crippen LogP contribution in [0.3, 0.4) is 0 Å². The Labute approximate surface area is 163 Å². The summed E-state index contributed by atoms with van der Waals surface area (Å²) in [7, 11) is 0. The van der Waals surface area contributed by atoms with E-state index in [1.807, 2.05) is 12.1 Å². The predicted molar refractivity (Wildman–Crippen MR) is 117 cm³/mol. The van der Waals surface area contributed by atoms with Crippen LogP contribution in [0, 0.1) is 0 Å². The quantitative estimate of drug-likeness (QED) is 0.301. The van der Waals surface area contributed by atoms with Crippen LogP contribution in [-0.4, -0.2) is 0 Å². The smallest absolute Gasteiger partial charge is 0.130 e. The summed E-state index contributed by atoms with van der Waals surface area (Å²) < 4.78 is 5.64. The Balaban J connectivity index is 1.60. The molecule has 6 rings (SSSR count). The molecule has 0 fully saturated rings. The van der Waals surface area contributed by atoms with Crippen molar-refractivity contribution in [1.29, 1.82) is 0 Å². The maximum absolute atomic E-state index is 5.64. The molecule has 28 heavy (non-hydrogen) atoms. The Morgan fingerprint density at radius 1 is 0.607 bits per heavy atom. The van der Waals surface area contributed by atoms with Gasteiger partial charge in [0.05, 0.1) is 6.26 Å². The first-order valence-electron chi connectivity index (χ1n) is 9.66. The molecule has 4 aromatic carbocycles. The lowest BCUT2D eigenvalue weighted by Crippen LogP contribution is -1.89. The van der Waals surface area contributed by atoms with Crippen LogP contribution in [0.4, 0.5) is 0 Å². The molecule has 5 aromatic rings. The van der Waals surface area contributed by atoms with E-state index in [0.717, 1.165) is 12.2 Å². The first-order chi connectivity index (χ1) is 13.9. The zero-order valence-electron chi connectivity index (χ0n) is 15.4. The van der Waals surface area contributed by atoms with Crippen LogP contribution < -0.4 is 0 Å². The molecule has 0 amide bonds. The molecular formula is C27H18O. The Kier molecular flexibility index (Phi) is 3.30. The van der Waals surface area contributed by atoms with E-state index < -0.39 is 0 Å². The third kappa shape index (κ3) is 2.26. The van der Waals surface area contributed by atoms with Gasteiger partial charge in [0.1, 0.15) is 5.76 Å². The summed E-state index contributed by atoms with van der Waals surface area (Å²) in [6, 6.07) is 30.4. The van der Waals surface area contributed by atoms with Crippen molar-refractivity contribution in [2.75, 3.05) is 0 Å².